The smallest absolute Gasteiger partial charge is 0.361 e. The van der Waals surface area contributed by atoms with Crippen LogP contribution in [-0.2, 0) is 23.9 Å². The molecular weight excluding hydrogens is 354 g/mol. The van der Waals surface area contributed by atoms with Gasteiger partial charge in [0.25, 0.3) is 0 Å². The molecule has 0 saturated heterocycles. The van der Waals surface area contributed by atoms with E-state index in [-0.39, 0.29) is 17.2 Å². The number of ether oxygens (including phenoxy) is 1. The number of benzene rings is 2. The number of esters is 1. The van der Waals surface area contributed by atoms with Gasteiger partial charge in [0, 0.05) is 5.56 Å². The zero-order chi connectivity index (χ0) is 19.0. The minimum absolute atomic E-state index is 0.0430. The molecule has 0 fully saturated rings. The van der Waals surface area contributed by atoms with Crippen LogP contribution in [0.4, 0.5) is 0 Å². The molecule has 0 aliphatic heterocycles. The lowest BCUT2D eigenvalue weighted by atomic mass is 10.1. The Hall–Kier alpha value is -2.67. The number of aryl methyl sites for hydroxylation is 1. The first-order valence-electron chi connectivity index (χ1n) is 8.25. The maximum Gasteiger partial charge on any atom is 0.361 e. The molecule has 0 unspecified atom stereocenters. The third-order valence-electron chi connectivity index (χ3n) is 3.51. The number of carbonyl (C=O) groups excluding carboxylic acids is 1. The summed E-state index contributed by atoms with van der Waals surface area (Å²) in [6.45, 7) is 4.04. The summed E-state index contributed by atoms with van der Waals surface area (Å²) in [6, 6.07) is 14.6. The number of nitrogens with zero attached hydrogens (tertiary/aromatic N) is 1. The number of rotatable bonds is 8. The Kier molecular flexibility index (Phi) is 6.91. The van der Waals surface area contributed by atoms with Gasteiger partial charge in [0.05, 0.1) is 6.61 Å². The van der Waals surface area contributed by atoms with Crippen molar-refractivity contribution in [3.05, 3.63) is 65.7 Å². The molecule has 0 atom stereocenters. The first-order valence-corrected chi connectivity index (χ1v) is 9.65. The van der Waals surface area contributed by atoms with Gasteiger partial charge in [0.1, 0.15) is 4.90 Å². The summed E-state index contributed by atoms with van der Waals surface area (Å²) < 4.78 is 34.5. The van der Waals surface area contributed by atoms with Crippen LogP contribution in [0.25, 0.3) is 0 Å². The fourth-order valence-corrected chi connectivity index (χ4v) is 2.74. The second-order valence-electron chi connectivity index (χ2n) is 5.64. The van der Waals surface area contributed by atoms with Gasteiger partial charge >= 0.3 is 16.1 Å². The maximum absolute atomic E-state index is 12.3. The van der Waals surface area contributed by atoms with E-state index in [1.165, 1.54) is 12.1 Å². The summed E-state index contributed by atoms with van der Waals surface area (Å²) in [5.41, 5.74) is 1.13. The van der Waals surface area contributed by atoms with Crippen molar-refractivity contribution in [2.45, 2.75) is 31.6 Å². The standard InChI is InChI=1S/C19H21NO5S/c1-3-4-14-24-19(21)18(16-8-6-5-7-9-16)20-25-26(22,23)17-12-10-15(2)11-13-17/h5-13H,3-4,14H2,1-2H3/b20-18+. The number of hydrogen-bond acceptors (Lipinski definition) is 6. The van der Waals surface area contributed by atoms with E-state index in [1.807, 2.05) is 13.8 Å². The molecule has 2 aromatic rings. The average molecular weight is 375 g/mol. The molecule has 2 rings (SSSR count). The van der Waals surface area contributed by atoms with Gasteiger partial charge in [-0.3, -0.25) is 4.28 Å². The molecule has 7 heteroatoms. The van der Waals surface area contributed by atoms with Gasteiger partial charge in [-0.2, -0.15) is 8.42 Å². The van der Waals surface area contributed by atoms with Crippen molar-refractivity contribution in [3.8, 4) is 0 Å². The van der Waals surface area contributed by atoms with E-state index in [9.17, 15) is 13.2 Å². The molecule has 138 valence electrons. The largest absolute Gasteiger partial charge is 0.461 e. The molecule has 0 spiro atoms. The van der Waals surface area contributed by atoms with Gasteiger partial charge in [-0.15, -0.1) is 0 Å². The SMILES string of the molecule is CCCCOC(=O)/C(=N/OS(=O)(=O)c1ccc(C)cc1)c1ccccc1. The summed E-state index contributed by atoms with van der Waals surface area (Å²) in [4.78, 5) is 12.2. The minimum Gasteiger partial charge on any atom is -0.461 e. The molecule has 2 aromatic carbocycles. The first kappa shape index (κ1) is 19.7. The zero-order valence-corrected chi connectivity index (χ0v) is 15.5. The lowest BCUT2D eigenvalue weighted by Crippen LogP contribution is -2.20. The molecule has 0 saturated carbocycles. The van der Waals surface area contributed by atoms with Crippen LogP contribution in [0.2, 0.25) is 0 Å². The maximum atomic E-state index is 12.3. The average Bonchev–Trinajstić information content (AvgIpc) is 2.63. The van der Waals surface area contributed by atoms with Crippen LogP contribution in [0, 0.1) is 6.92 Å². The topological polar surface area (TPSA) is 82.0 Å². The fraction of sp³-hybridized carbons (Fsp3) is 0.263. The van der Waals surface area contributed by atoms with Crippen molar-refractivity contribution >= 4 is 21.8 Å². The predicted molar refractivity (Wildman–Crippen MR) is 98.3 cm³/mol. The van der Waals surface area contributed by atoms with Gasteiger partial charge in [-0.05, 0) is 25.5 Å². The van der Waals surface area contributed by atoms with E-state index in [0.29, 0.717) is 12.0 Å². The van der Waals surface area contributed by atoms with E-state index >= 15 is 0 Å². The van der Waals surface area contributed by atoms with Crippen molar-refractivity contribution < 1.29 is 22.2 Å². The van der Waals surface area contributed by atoms with Gasteiger partial charge in [0.15, 0.2) is 5.71 Å². The number of unbranched alkanes of at least 4 members (excludes halogenated alkanes) is 1. The highest BCUT2D eigenvalue weighted by molar-refractivity contribution is 7.86. The van der Waals surface area contributed by atoms with Gasteiger partial charge < -0.3 is 4.74 Å². The molecular formula is C19H21NO5S. The van der Waals surface area contributed by atoms with Crippen LogP contribution in [0.3, 0.4) is 0 Å². The molecule has 0 amide bonds. The Bertz CT molecular complexity index is 859. The molecule has 0 heterocycles. The molecule has 0 radical (unpaired) electrons. The van der Waals surface area contributed by atoms with Crippen molar-refractivity contribution in [2.24, 2.45) is 5.16 Å². The van der Waals surface area contributed by atoms with Crippen molar-refractivity contribution in [3.63, 3.8) is 0 Å². The van der Waals surface area contributed by atoms with Gasteiger partial charge in [-0.25, -0.2) is 4.79 Å². The molecule has 0 aromatic heterocycles. The Labute approximate surface area is 153 Å². The van der Waals surface area contributed by atoms with E-state index in [4.69, 9.17) is 9.02 Å². The predicted octanol–water partition coefficient (Wildman–Crippen LogP) is 3.45. The van der Waals surface area contributed by atoms with Gasteiger partial charge in [0.2, 0.25) is 0 Å². The number of oxime groups is 1. The Morgan fingerprint density at radius 3 is 2.31 bits per heavy atom. The Morgan fingerprint density at radius 2 is 1.69 bits per heavy atom. The lowest BCUT2D eigenvalue weighted by Gasteiger charge is -2.08. The second-order valence-corrected chi connectivity index (χ2v) is 7.17. The summed E-state index contributed by atoms with van der Waals surface area (Å²) in [5.74, 6) is -0.733. The van der Waals surface area contributed by atoms with Crippen LogP contribution >= 0.6 is 0 Å². The summed E-state index contributed by atoms with van der Waals surface area (Å²) in [5, 5.41) is 3.60. The van der Waals surface area contributed by atoms with Crippen LogP contribution in [-0.4, -0.2) is 26.7 Å². The van der Waals surface area contributed by atoms with Crippen molar-refractivity contribution in [2.75, 3.05) is 6.61 Å². The van der Waals surface area contributed by atoms with Crippen molar-refractivity contribution in [1.82, 2.24) is 0 Å². The van der Waals surface area contributed by atoms with Crippen LogP contribution in [0.15, 0.2) is 64.6 Å². The van der Waals surface area contributed by atoms with E-state index in [1.54, 1.807) is 42.5 Å². The number of hydrogen-bond donors (Lipinski definition) is 0. The summed E-state index contributed by atoms with van der Waals surface area (Å²) >= 11 is 0. The van der Waals surface area contributed by atoms with Crippen molar-refractivity contribution in [1.29, 1.82) is 0 Å². The molecule has 0 N–H and O–H groups in total. The Morgan fingerprint density at radius 1 is 1.04 bits per heavy atom. The lowest BCUT2D eigenvalue weighted by molar-refractivity contribution is -0.135. The highest BCUT2D eigenvalue weighted by Crippen LogP contribution is 2.14. The van der Waals surface area contributed by atoms with Crippen LogP contribution in [0.5, 0.6) is 0 Å². The molecule has 26 heavy (non-hydrogen) atoms. The van der Waals surface area contributed by atoms with E-state index in [2.05, 4.69) is 5.16 Å². The quantitative estimate of drug-likeness (QED) is 0.305. The summed E-state index contributed by atoms with van der Waals surface area (Å²) in [6.07, 6.45) is 1.57. The zero-order valence-electron chi connectivity index (χ0n) is 14.7. The third-order valence-corrected chi connectivity index (χ3v) is 4.63. The highest BCUT2D eigenvalue weighted by atomic mass is 32.2. The highest BCUT2D eigenvalue weighted by Gasteiger charge is 2.21. The molecule has 6 nitrogen and oxygen atoms in total. The van der Waals surface area contributed by atoms with Crippen LogP contribution in [0.1, 0.15) is 30.9 Å². The minimum atomic E-state index is -4.13. The van der Waals surface area contributed by atoms with Gasteiger partial charge in [-0.1, -0.05) is 66.5 Å². The first-order chi connectivity index (χ1) is 12.4. The van der Waals surface area contributed by atoms with E-state index < -0.39 is 16.1 Å². The molecule has 0 aliphatic rings. The monoisotopic (exact) mass is 375 g/mol. The summed E-state index contributed by atoms with van der Waals surface area (Å²) in [7, 11) is -4.13. The van der Waals surface area contributed by atoms with E-state index in [0.717, 1.165) is 12.0 Å². The Balaban J connectivity index is 2.26. The van der Waals surface area contributed by atoms with Crippen LogP contribution < -0.4 is 0 Å². The number of carbonyl (C=O) groups is 1. The third kappa shape index (κ3) is 5.42. The second kappa shape index (κ2) is 9.15. The normalized spacial score (nSPS) is 11.8. The molecule has 0 aliphatic carbocycles. The molecule has 0 bridgehead atoms. The fourth-order valence-electron chi connectivity index (χ4n) is 2.02.